The number of rotatable bonds is 9. The number of aldehydes is 1. The monoisotopic (exact) mass is 351 g/mol. The molecule has 0 aliphatic heterocycles. The Morgan fingerprint density at radius 3 is 2.59 bits per heavy atom. The van der Waals surface area contributed by atoms with Gasteiger partial charge in [0.2, 0.25) is 0 Å². The third-order valence-corrected chi connectivity index (χ3v) is 3.01. The van der Waals surface area contributed by atoms with Crippen LogP contribution in [0.2, 0.25) is 5.02 Å². The molecule has 0 bridgehead atoms. The smallest absolute Gasteiger partial charge is 0.303 e. The summed E-state index contributed by atoms with van der Waals surface area (Å²) < 4.78 is 5.33. The normalized spacial score (nSPS) is 9.68. The van der Waals surface area contributed by atoms with Crippen molar-refractivity contribution in [2.75, 3.05) is 6.61 Å². The maximum Gasteiger partial charge on any atom is 0.303 e. The average Bonchev–Trinajstić information content (AvgIpc) is 2.41. The summed E-state index contributed by atoms with van der Waals surface area (Å²) >= 11 is 5.80. The van der Waals surface area contributed by atoms with Gasteiger partial charge in [-0.15, -0.1) is 12.4 Å². The Bertz CT molecular complexity index is 550. The molecule has 0 atom stereocenters. The van der Waals surface area contributed by atoms with Gasteiger partial charge in [0.05, 0.1) is 22.6 Å². The number of unbranched alkanes of at least 4 members (excludes halogenated alkanes) is 2. The van der Waals surface area contributed by atoms with Crippen LogP contribution < -0.4 is 4.74 Å². The molecule has 22 heavy (non-hydrogen) atoms. The fourth-order valence-corrected chi connectivity index (χ4v) is 1.92. The number of carboxylic acid groups (broad SMARTS) is 1. The van der Waals surface area contributed by atoms with Crippen molar-refractivity contribution in [3.05, 3.63) is 32.8 Å². The molecule has 0 heterocycles. The van der Waals surface area contributed by atoms with Crippen molar-refractivity contribution in [3.8, 4) is 5.75 Å². The second kappa shape index (κ2) is 9.97. The van der Waals surface area contributed by atoms with E-state index in [2.05, 4.69) is 0 Å². The van der Waals surface area contributed by atoms with Crippen molar-refractivity contribution in [2.24, 2.45) is 0 Å². The van der Waals surface area contributed by atoms with Gasteiger partial charge in [0.25, 0.3) is 5.69 Å². The van der Waals surface area contributed by atoms with Crippen LogP contribution in [0.5, 0.6) is 5.75 Å². The van der Waals surface area contributed by atoms with Crippen molar-refractivity contribution in [3.63, 3.8) is 0 Å². The first-order valence-corrected chi connectivity index (χ1v) is 6.61. The molecule has 0 amide bonds. The number of ether oxygens (including phenoxy) is 1. The molecule has 1 rings (SSSR count). The molecular weight excluding hydrogens is 337 g/mol. The molecule has 0 aliphatic rings. The van der Waals surface area contributed by atoms with Gasteiger partial charge in [-0.3, -0.25) is 19.7 Å². The first-order chi connectivity index (χ1) is 9.95. The van der Waals surface area contributed by atoms with Crippen LogP contribution in [-0.2, 0) is 4.79 Å². The topological polar surface area (TPSA) is 107 Å². The van der Waals surface area contributed by atoms with Crippen LogP contribution in [0.1, 0.15) is 36.0 Å². The first kappa shape index (κ1) is 20.1. The Morgan fingerprint density at radius 1 is 1.36 bits per heavy atom. The predicted octanol–water partition coefficient (Wildman–Crippen LogP) is 3.51. The van der Waals surface area contributed by atoms with Crippen LogP contribution in [-0.4, -0.2) is 28.9 Å². The minimum Gasteiger partial charge on any atom is -0.493 e. The van der Waals surface area contributed by atoms with Crippen LogP contribution >= 0.6 is 24.0 Å². The third-order valence-electron chi connectivity index (χ3n) is 2.70. The zero-order valence-corrected chi connectivity index (χ0v) is 13.1. The lowest BCUT2D eigenvalue weighted by molar-refractivity contribution is -0.385. The minimum absolute atomic E-state index is 0. The van der Waals surface area contributed by atoms with Crippen molar-refractivity contribution < 1.29 is 24.4 Å². The fraction of sp³-hybridized carbons (Fsp3) is 0.385. The maximum atomic E-state index is 10.8. The van der Waals surface area contributed by atoms with E-state index in [0.29, 0.717) is 25.5 Å². The molecule has 0 radical (unpaired) electrons. The summed E-state index contributed by atoms with van der Waals surface area (Å²) in [5.41, 5.74) is -0.589. The van der Waals surface area contributed by atoms with E-state index < -0.39 is 16.6 Å². The Morgan fingerprint density at radius 2 is 2.05 bits per heavy atom. The van der Waals surface area contributed by atoms with E-state index in [0.717, 1.165) is 6.07 Å². The highest BCUT2D eigenvalue weighted by atomic mass is 35.5. The SMILES string of the molecule is Cl.O=Cc1c(Cl)cc(OCCCCCC(=O)O)cc1[N+](=O)[O-]. The highest BCUT2D eigenvalue weighted by Crippen LogP contribution is 2.30. The summed E-state index contributed by atoms with van der Waals surface area (Å²) in [5.74, 6) is -0.640. The molecule has 1 aromatic carbocycles. The molecule has 0 spiro atoms. The van der Waals surface area contributed by atoms with Gasteiger partial charge >= 0.3 is 5.97 Å². The summed E-state index contributed by atoms with van der Waals surface area (Å²) in [6.45, 7) is 0.285. The number of nitro benzene ring substituents is 1. The van der Waals surface area contributed by atoms with Gasteiger partial charge in [0.1, 0.15) is 11.3 Å². The Kier molecular flexibility index (Phi) is 9.12. The Hall–Kier alpha value is -1.86. The number of nitrogens with zero attached hydrogens (tertiary/aromatic N) is 1. The Balaban J connectivity index is 0.00000441. The molecule has 122 valence electrons. The molecule has 9 heteroatoms. The lowest BCUT2D eigenvalue weighted by atomic mass is 10.2. The number of carboxylic acids is 1. The van der Waals surface area contributed by atoms with Crippen molar-refractivity contribution in [1.29, 1.82) is 0 Å². The van der Waals surface area contributed by atoms with Crippen LogP contribution in [0, 0.1) is 10.1 Å². The summed E-state index contributed by atoms with van der Waals surface area (Å²) in [4.78, 5) is 31.2. The number of benzene rings is 1. The van der Waals surface area contributed by atoms with Gasteiger partial charge in [0.15, 0.2) is 6.29 Å². The second-order valence-electron chi connectivity index (χ2n) is 4.27. The molecule has 0 aromatic heterocycles. The number of nitro groups is 1. The number of hydrogen-bond donors (Lipinski definition) is 1. The molecule has 0 saturated carbocycles. The molecule has 1 N–H and O–H groups in total. The van der Waals surface area contributed by atoms with Crippen LogP contribution in [0.4, 0.5) is 5.69 Å². The van der Waals surface area contributed by atoms with E-state index >= 15 is 0 Å². The van der Waals surface area contributed by atoms with E-state index in [-0.39, 0.29) is 41.8 Å². The number of carbonyl (C=O) groups is 2. The molecule has 1 aromatic rings. The summed E-state index contributed by atoms with van der Waals surface area (Å²) in [5, 5.41) is 19.3. The molecule has 0 saturated heterocycles. The van der Waals surface area contributed by atoms with E-state index in [4.69, 9.17) is 21.4 Å². The summed E-state index contributed by atoms with van der Waals surface area (Å²) in [6.07, 6.45) is 2.27. The summed E-state index contributed by atoms with van der Waals surface area (Å²) in [7, 11) is 0. The number of aliphatic carboxylic acids is 1. The molecule has 0 unspecified atom stereocenters. The van der Waals surface area contributed by atoms with Crippen LogP contribution in [0.15, 0.2) is 12.1 Å². The van der Waals surface area contributed by atoms with E-state index in [1.54, 1.807) is 0 Å². The van der Waals surface area contributed by atoms with Gasteiger partial charge in [-0.1, -0.05) is 11.6 Å². The van der Waals surface area contributed by atoms with E-state index in [1.165, 1.54) is 6.07 Å². The molecule has 7 nitrogen and oxygen atoms in total. The zero-order valence-electron chi connectivity index (χ0n) is 11.5. The first-order valence-electron chi connectivity index (χ1n) is 6.23. The highest BCUT2D eigenvalue weighted by molar-refractivity contribution is 6.33. The van der Waals surface area contributed by atoms with Gasteiger partial charge in [-0.2, -0.15) is 0 Å². The van der Waals surface area contributed by atoms with Gasteiger partial charge in [-0.25, -0.2) is 0 Å². The van der Waals surface area contributed by atoms with E-state index in [1.807, 2.05) is 0 Å². The van der Waals surface area contributed by atoms with Gasteiger partial charge in [-0.05, 0) is 25.3 Å². The molecule has 0 fully saturated rings. The number of hydrogen-bond acceptors (Lipinski definition) is 5. The zero-order chi connectivity index (χ0) is 15.8. The van der Waals surface area contributed by atoms with Crippen molar-refractivity contribution in [2.45, 2.75) is 25.7 Å². The number of carbonyl (C=O) groups excluding carboxylic acids is 1. The van der Waals surface area contributed by atoms with E-state index in [9.17, 15) is 19.7 Å². The van der Waals surface area contributed by atoms with Crippen LogP contribution in [0.3, 0.4) is 0 Å². The minimum atomic E-state index is -0.845. The average molecular weight is 352 g/mol. The largest absolute Gasteiger partial charge is 0.493 e. The lowest BCUT2D eigenvalue weighted by Crippen LogP contribution is -2.01. The van der Waals surface area contributed by atoms with Gasteiger partial charge < -0.3 is 9.84 Å². The Labute approximate surface area is 137 Å². The fourth-order valence-electron chi connectivity index (χ4n) is 1.68. The second-order valence-corrected chi connectivity index (χ2v) is 4.67. The van der Waals surface area contributed by atoms with Crippen molar-refractivity contribution in [1.82, 2.24) is 0 Å². The van der Waals surface area contributed by atoms with Crippen LogP contribution in [0.25, 0.3) is 0 Å². The van der Waals surface area contributed by atoms with Crippen molar-refractivity contribution >= 4 is 42.0 Å². The third kappa shape index (κ3) is 6.28. The summed E-state index contributed by atoms with van der Waals surface area (Å²) in [6, 6.07) is 2.49. The number of halogens is 2. The predicted molar refractivity (Wildman–Crippen MR) is 82.3 cm³/mol. The quantitative estimate of drug-likeness (QED) is 0.315. The standard InChI is InChI=1S/C13H14ClNO6.ClH/c14-11-6-9(7-12(15(19)20)10(11)8-16)21-5-3-1-2-4-13(17)18;/h6-8H,1-5H2,(H,17,18);1H. The van der Waals surface area contributed by atoms with Gasteiger partial charge in [0, 0.05) is 6.42 Å². The maximum absolute atomic E-state index is 10.8. The molecular formula is C13H15Cl2NO6. The highest BCUT2D eigenvalue weighted by Gasteiger charge is 2.18. The molecule has 0 aliphatic carbocycles. The lowest BCUT2D eigenvalue weighted by Gasteiger charge is -2.07.